The van der Waals surface area contributed by atoms with Gasteiger partial charge in [-0.1, -0.05) is 48.5 Å². The molecule has 0 N–H and O–H groups in total. The third-order valence-corrected chi connectivity index (χ3v) is 4.33. The van der Waals surface area contributed by atoms with E-state index >= 15 is 0 Å². The number of esters is 1. The van der Waals surface area contributed by atoms with Crippen LogP contribution in [-0.2, 0) is 11.3 Å². The number of hydrogen-bond donors (Lipinski definition) is 0. The maximum atomic E-state index is 12.7. The van der Waals surface area contributed by atoms with Crippen LogP contribution in [0.1, 0.15) is 16.2 Å². The zero-order chi connectivity index (χ0) is 21.3. The first-order chi connectivity index (χ1) is 15.3. The molecule has 0 amide bonds. The van der Waals surface area contributed by atoms with Crippen molar-refractivity contribution in [2.75, 3.05) is 13.2 Å². The van der Waals surface area contributed by atoms with E-state index in [1.165, 1.54) is 4.68 Å². The van der Waals surface area contributed by atoms with Crippen molar-refractivity contribution in [3.8, 4) is 17.2 Å². The van der Waals surface area contributed by atoms with Crippen LogP contribution < -0.4 is 9.47 Å². The minimum atomic E-state index is -0.526. The molecule has 8 heteroatoms. The van der Waals surface area contributed by atoms with Gasteiger partial charge < -0.3 is 14.2 Å². The smallest absolute Gasteiger partial charge is 0.342 e. The van der Waals surface area contributed by atoms with Crippen LogP contribution in [0, 0.1) is 0 Å². The second kappa shape index (κ2) is 10.0. The van der Waals surface area contributed by atoms with Crippen LogP contribution in [0.5, 0.6) is 11.5 Å². The van der Waals surface area contributed by atoms with E-state index in [1.54, 1.807) is 24.3 Å². The maximum Gasteiger partial charge on any atom is 0.342 e. The van der Waals surface area contributed by atoms with Crippen molar-refractivity contribution in [2.45, 2.75) is 6.61 Å². The number of carbonyl (C=O) groups excluding carboxylic acids is 1. The summed E-state index contributed by atoms with van der Waals surface area (Å²) in [4.78, 5) is 12.7. The monoisotopic (exact) mass is 416 g/mol. The number of para-hydroxylation sites is 3. The van der Waals surface area contributed by atoms with Gasteiger partial charge in [0, 0.05) is 0 Å². The minimum Gasteiger partial charge on any atom is -0.490 e. The number of rotatable bonds is 9. The predicted octanol–water partition coefficient (Wildman–Crippen LogP) is 3.48. The fraction of sp³-hybridized carbons (Fsp3) is 0.130. The van der Waals surface area contributed by atoms with Crippen molar-refractivity contribution in [2.24, 2.45) is 0 Å². The lowest BCUT2D eigenvalue weighted by Gasteiger charge is -2.12. The Kier molecular flexibility index (Phi) is 6.49. The van der Waals surface area contributed by atoms with Crippen LogP contribution in [0.25, 0.3) is 5.69 Å². The Morgan fingerprint density at radius 2 is 1.48 bits per heavy atom. The predicted molar refractivity (Wildman–Crippen MR) is 112 cm³/mol. The van der Waals surface area contributed by atoms with Gasteiger partial charge in [-0.3, -0.25) is 0 Å². The first-order valence-corrected chi connectivity index (χ1v) is 9.71. The summed E-state index contributed by atoms with van der Waals surface area (Å²) in [5.41, 5.74) is 1.10. The van der Waals surface area contributed by atoms with Crippen molar-refractivity contribution in [1.29, 1.82) is 0 Å². The van der Waals surface area contributed by atoms with E-state index in [0.29, 0.717) is 23.7 Å². The molecule has 31 heavy (non-hydrogen) atoms. The molecule has 1 aromatic heterocycles. The zero-order valence-corrected chi connectivity index (χ0v) is 16.6. The number of carbonyl (C=O) groups is 1. The molecule has 0 saturated carbocycles. The summed E-state index contributed by atoms with van der Waals surface area (Å²) in [6.45, 7) is 0.552. The third kappa shape index (κ3) is 5.24. The van der Waals surface area contributed by atoms with E-state index in [1.807, 2.05) is 60.7 Å². The quantitative estimate of drug-likeness (QED) is 0.305. The molecule has 1 heterocycles. The van der Waals surface area contributed by atoms with Gasteiger partial charge in [0.05, 0.1) is 5.69 Å². The Hall–Kier alpha value is -4.20. The molecule has 4 aromatic rings. The van der Waals surface area contributed by atoms with E-state index in [2.05, 4.69) is 15.5 Å². The lowest BCUT2D eigenvalue weighted by Crippen LogP contribution is -2.13. The Morgan fingerprint density at radius 1 is 0.806 bits per heavy atom. The van der Waals surface area contributed by atoms with Crippen molar-refractivity contribution < 1.29 is 19.0 Å². The van der Waals surface area contributed by atoms with Crippen LogP contribution in [0.2, 0.25) is 0 Å². The van der Waals surface area contributed by atoms with Gasteiger partial charge in [0.15, 0.2) is 12.4 Å². The van der Waals surface area contributed by atoms with Gasteiger partial charge in [0.2, 0.25) is 0 Å². The normalized spacial score (nSPS) is 10.5. The molecule has 0 fully saturated rings. The van der Waals surface area contributed by atoms with E-state index in [-0.39, 0.29) is 13.2 Å². The number of tetrazole rings is 1. The van der Waals surface area contributed by atoms with E-state index in [9.17, 15) is 4.79 Å². The fourth-order valence-corrected chi connectivity index (χ4v) is 2.86. The van der Waals surface area contributed by atoms with Gasteiger partial charge in [-0.05, 0) is 46.8 Å². The summed E-state index contributed by atoms with van der Waals surface area (Å²) < 4.78 is 18.3. The highest BCUT2D eigenvalue weighted by Gasteiger charge is 2.16. The lowest BCUT2D eigenvalue weighted by molar-refractivity contribution is 0.0454. The summed E-state index contributed by atoms with van der Waals surface area (Å²) in [6.07, 6.45) is 0. The molecule has 0 aliphatic rings. The number of hydrogen-bond acceptors (Lipinski definition) is 7. The Bertz CT molecular complexity index is 1120. The molecule has 0 spiro atoms. The second-order valence-electron chi connectivity index (χ2n) is 6.42. The van der Waals surface area contributed by atoms with Gasteiger partial charge in [-0.2, -0.15) is 4.68 Å². The van der Waals surface area contributed by atoms with Crippen molar-refractivity contribution >= 4 is 5.97 Å². The SMILES string of the molecule is O=C(OCc1nnnn1-c1ccccc1)c1ccccc1OCCOc1ccccc1. The third-order valence-electron chi connectivity index (χ3n) is 4.33. The average Bonchev–Trinajstić information content (AvgIpc) is 3.30. The molecular formula is C23H20N4O4. The first kappa shape index (κ1) is 20.1. The van der Waals surface area contributed by atoms with Crippen molar-refractivity contribution in [3.63, 3.8) is 0 Å². The summed E-state index contributed by atoms with van der Waals surface area (Å²) in [6, 6.07) is 25.7. The molecular weight excluding hydrogens is 396 g/mol. The Morgan fingerprint density at radius 3 is 2.29 bits per heavy atom. The molecule has 3 aromatic carbocycles. The zero-order valence-electron chi connectivity index (χ0n) is 16.6. The van der Waals surface area contributed by atoms with Crippen LogP contribution in [0.3, 0.4) is 0 Å². The van der Waals surface area contributed by atoms with E-state index in [0.717, 1.165) is 11.4 Å². The van der Waals surface area contributed by atoms with Gasteiger partial charge >= 0.3 is 5.97 Å². The second-order valence-corrected chi connectivity index (χ2v) is 6.42. The highest BCUT2D eigenvalue weighted by molar-refractivity contribution is 5.92. The average molecular weight is 416 g/mol. The highest BCUT2D eigenvalue weighted by Crippen LogP contribution is 2.20. The summed E-state index contributed by atoms with van der Waals surface area (Å²) in [5.74, 6) is 1.07. The van der Waals surface area contributed by atoms with Gasteiger partial charge in [-0.25, -0.2) is 4.79 Å². The topological polar surface area (TPSA) is 88.4 Å². The molecule has 0 bridgehead atoms. The van der Waals surface area contributed by atoms with Gasteiger partial charge in [0.25, 0.3) is 0 Å². The summed E-state index contributed by atoms with van der Waals surface area (Å²) in [5, 5.41) is 11.6. The number of benzene rings is 3. The molecule has 0 atom stereocenters. The summed E-state index contributed by atoms with van der Waals surface area (Å²) in [7, 11) is 0. The molecule has 0 aliphatic carbocycles. The fourth-order valence-electron chi connectivity index (χ4n) is 2.86. The minimum absolute atomic E-state index is 0.0772. The molecule has 0 saturated heterocycles. The maximum absolute atomic E-state index is 12.7. The highest BCUT2D eigenvalue weighted by atomic mass is 16.5. The largest absolute Gasteiger partial charge is 0.490 e. The van der Waals surface area contributed by atoms with E-state index < -0.39 is 5.97 Å². The molecule has 0 unspecified atom stereocenters. The van der Waals surface area contributed by atoms with Gasteiger partial charge in [0.1, 0.15) is 30.3 Å². The Labute approximate surface area is 179 Å². The van der Waals surface area contributed by atoms with E-state index in [4.69, 9.17) is 14.2 Å². The standard InChI is InChI=1S/C23H20N4O4/c28-23(31-17-22-24-25-26-27(22)18-9-3-1-4-10-18)20-13-7-8-14-21(20)30-16-15-29-19-11-5-2-6-12-19/h1-14H,15-17H2. The summed E-state index contributed by atoms with van der Waals surface area (Å²) >= 11 is 0. The number of ether oxygens (including phenoxy) is 3. The van der Waals surface area contributed by atoms with Crippen LogP contribution in [0.15, 0.2) is 84.9 Å². The number of aromatic nitrogens is 4. The van der Waals surface area contributed by atoms with Crippen molar-refractivity contribution in [1.82, 2.24) is 20.2 Å². The van der Waals surface area contributed by atoms with Crippen LogP contribution >= 0.6 is 0 Å². The first-order valence-electron chi connectivity index (χ1n) is 9.71. The molecule has 156 valence electrons. The molecule has 8 nitrogen and oxygen atoms in total. The van der Waals surface area contributed by atoms with Crippen molar-refractivity contribution in [3.05, 3.63) is 96.3 Å². The lowest BCUT2D eigenvalue weighted by atomic mass is 10.2. The van der Waals surface area contributed by atoms with Crippen LogP contribution in [-0.4, -0.2) is 39.4 Å². The van der Waals surface area contributed by atoms with Crippen LogP contribution in [0.4, 0.5) is 0 Å². The molecule has 0 radical (unpaired) electrons. The number of nitrogens with zero attached hydrogens (tertiary/aromatic N) is 4. The molecule has 4 rings (SSSR count). The Balaban J connectivity index is 1.35. The van der Waals surface area contributed by atoms with Gasteiger partial charge in [-0.15, -0.1) is 5.10 Å². The molecule has 0 aliphatic heterocycles.